The van der Waals surface area contributed by atoms with Crippen molar-refractivity contribution in [1.82, 2.24) is 4.98 Å². The van der Waals surface area contributed by atoms with Crippen LogP contribution in [0.4, 0.5) is 5.69 Å². The Balaban J connectivity index is 2.77. The summed E-state index contributed by atoms with van der Waals surface area (Å²) in [6, 6.07) is 5.19. The lowest BCUT2D eigenvalue weighted by molar-refractivity contribution is -0.385. The van der Waals surface area contributed by atoms with Gasteiger partial charge >= 0.3 is 0 Å². The first kappa shape index (κ1) is 8.62. The summed E-state index contributed by atoms with van der Waals surface area (Å²) in [5.74, 6) is 0. The molecule has 2 aromatic rings. The van der Waals surface area contributed by atoms with Crippen molar-refractivity contribution in [3.8, 4) is 0 Å². The molecule has 70 valence electrons. The van der Waals surface area contributed by atoms with Crippen molar-refractivity contribution in [3.05, 3.63) is 46.3 Å². The van der Waals surface area contributed by atoms with E-state index in [1.807, 2.05) is 6.07 Å². The van der Waals surface area contributed by atoms with Crippen molar-refractivity contribution in [2.24, 2.45) is 0 Å². The fourth-order valence-electron chi connectivity index (χ4n) is 1.43. The molecule has 0 aliphatic carbocycles. The molecule has 0 spiro atoms. The minimum atomic E-state index is -0.373. The third-order valence-electron chi connectivity index (χ3n) is 2.15. The van der Waals surface area contributed by atoms with Gasteiger partial charge in [0.1, 0.15) is 0 Å². The highest BCUT2D eigenvalue weighted by atomic mass is 16.6. The van der Waals surface area contributed by atoms with Gasteiger partial charge in [0.2, 0.25) is 0 Å². The molecule has 0 aliphatic heterocycles. The van der Waals surface area contributed by atoms with E-state index in [1.54, 1.807) is 31.5 Å². The molecule has 0 fully saturated rings. The zero-order chi connectivity index (χ0) is 10.1. The zero-order valence-electron chi connectivity index (χ0n) is 7.60. The number of benzene rings is 1. The van der Waals surface area contributed by atoms with Gasteiger partial charge in [-0.2, -0.15) is 0 Å². The minimum Gasteiger partial charge on any atom is -0.264 e. The van der Waals surface area contributed by atoms with Crippen molar-refractivity contribution in [2.75, 3.05) is 0 Å². The number of aromatic nitrogens is 1. The normalized spacial score (nSPS) is 10.4. The van der Waals surface area contributed by atoms with E-state index < -0.39 is 0 Å². The molecule has 4 heteroatoms. The molecule has 0 unspecified atom stereocenters. The second kappa shape index (κ2) is 3.06. The lowest BCUT2D eigenvalue weighted by atomic mass is 10.1. The van der Waals surface area contributed by atoms with Crippen molar-refractivity contribution in [3.63, 3.8) is 0 Å². The van der Waals surface area contributed by atoms with Crippen LogP contribution >= 0.6 is 0 Å². The van der Waals surface area contributed by atoms with Crippen LogP contribution in [0.5, 0.6) is 0 Å². The molecule has 0 saturated heterocycles. The molecule has 0 bridgehead atoms. The summed E-state index contributed by atoms with van der Waals surface area (Å²) < 4.78 is 0. The fourth-order valence-corrected chi connectivity index (χ4v) is 1.43. The van der Waals surface area contributed by atoms with E-state index in [-0.39, 0.29) is 10.6 Å². The molecule has 1 heterocycles. The van der Waals surface area contributed by atoms with E-state index in [0.29, 0.717) is 5.56 Å². The van der Waals surface area contributed by atoms with Crippen molar-refractivity contribution < 1.29 is 4.92 Å². The Hall–Kier alpha value is -1.97. The van der Waals surface area contributed by atoms with E-state index in [1.165, 1.54) is 0 Å². The summed E-state index contributed by atoms with van der Waals surface area (Å²) in [6.07, 6.45) is 3.30. The van der Waals surface area contributed by atoms with Crippen LogP contribution in [0.3, 0.4) is 0 Å². The Kier molecular flexibility index (Phi) is 1.89. The number of hydrogen-bond acceptors (Lipinski definition) is 3. The standard InChI is InChI=1S/C10H8N2O2/c1-7-4-8-2-3-11-6-9(8)5-10(7)12(13)14/h2-6H,1H3. The fraction of sp³-hybridized carbons (Fsp3) is 0.100. The van der Waals surface area contributed by atoms with Gasteiger partial charge in [-0.1, -0.05) is 0 Å². The molecule has 0 atom stereocenters. The Morgan fingerprint density at radius 2 is 2.14 bits per heavy atom. The minimum absolute atomic E-state index is 0.144. The van der Waals surface area contributed by atoms with Crippen LogP contribution in [0.25, 0.3) is 10.8 Å². The summed E-state index contributed by atoms with van der Waals surface area (Å²) in [4.78, 5) is 14.2. The van der Waals surface area contributed by atoms with Gasteiger partial charge in [-0.15, -0.1) is 0 Å². The highest BCUT2D eigenvalue weighted by molar-refractivity contribution is 5.84. The Morgan fingerprint density at radius 1 is 1.36 bits per heavy atom. The molecule has 14 heavy (non-hydrogen) atoms. The van der Waals surface area contributed by atoms with Gasteiger partial charge in [0.15, 0.2) is 0 Å². The third kappa shape index (κ3) is 1.31. The number of nitrogens with zero attached hydrogens (tertiary/aromatic N) is 2. The number of aryl methyl sites for hydroxylation is 1. The molecule has 2 rings (SSSR count). The topological polar surface area (TPSA) is 56.0 Å². The summed E-state index contributed by atoms with van der Waals surface area (Å²) in [7, 11) is 0. The number of nitro benzene ring substituents is 1. The first-order valence-electron chi connectivity index (χ1n) is 4.17. The number of rotatable bonds is 1. The zero-order valence-corrected chi connectivity index (χ0v) is 7.60. The lowest BCUT2D eigenvalue weighted by Gasteiger charge is -1.99. The van der Waals surface area contributed by atoms with Crippen LogP contribution in [0.2, 0.25) is 0 Å². The smallest absolute Gasteiger partial charge is 0.264 e. The van der Waals surface area contributed by atoms with Crippen LogP contribution < -0.4 is 0 Å². The van der Waals surface area contributed by atoms with Gasteiger partial charge in [0.05, 0.1) is 4.92 Å². The van der Waals surface area contributed by atoms with E-state index >= 15 is 0 Å². The average molecular weight is 188 g/mol. The van der Waals surface area contributed by atoms with Gasteiger partial charge in [0.25, 0.3) is 5.69 Å². The quantitative estimate of drug-likeness (QED) is 0.510. The van der Waals surface area contributed by atoms with Gasteiger partial charge in [0, 0.05) is 29.4 Å². The maximum Gasteiger partial charge on any atom is 0.272 e. The van der Waals surface area contributed by atoms with Crippen molar-refractivity contribution in [2.45, 2.75) is 6.92 Å². The van der Waals surface area contributed by atoms with Crippen molar-refractivity contribution in [1.29, 1.82) is 0 Å². The predicted octanol–water partition coefficient (Wildman–Crippen LogP) is 2.45. The lowest BCUT2D eigenvalue weighted by Crippen LogP contribution is -1.91. The second-order valence-electron chi connectivity index (χ2n) is 3.12. The van der Waals surface area contributed by atoms with Crippen LogP contribution in [-0.4, -0.2) is 9.91 Å². The molecule has 4 nitrogen and oxygen atoms in total. The second-order valence-corrected chi connectivity index (χ2v) is 3.12. The molecular formula is C10H8N2O2. The van der Waals surface area contributed by atoms with Crippen LogP contribution in [-0.2, 0) is 0 Å². The number of nitro groups is 1. The van der Waals surface area contributed by atoms with Crippen molar-refractivity contribution >= 4 is 16.5 Å². The molecular weight excluding hydrogens is 180 g/mol. The highest BCUT2D eigenvalue weighted by Gasteiger charge is 2.10. The van der Waals surface area contributed by atoms with E-state index in [0.717, 1.165) is 10.8 Å². The molecule has 1 aromatic heterocycles. The monoisotopic (exact) mass is 188 g/mol. The maximum absolute atomic E-state index is 10.7. The van der Waals surface area contributed by atoms with Crippen LogP contribution in [0, 0.1) is 17.0 Å². The summed E-state index contributed by atoms with van der Waals surface area (Å²) in [6.45, 7) is 1.73. The highest BCUT2D eigenvalue weighted by Crippen LogP contribution is 2.24. The SMILES string of the molecule is Cc1cc2ccncc2cc1[N+](=O)[O-]. The average Bonchev–Trinajstić information content (AvgIpc) is 2.16. The van der Waals surface area contributed by atoms with Gasteiger partial charge in [-0.3, -0.25) is 15.1 Å². The largest absolute Gasteiger partial charge is 0.272 e. The first-order chi connectivity index (χ1) is 6.68. The number of fused-ring (bicyclic) bond motifs is 1. The molecule has 0 aliphatic rings. The maximum atomic E-state index is 10.7. The van der Waals surface area contributed by atoms with Gasteiger partial charge in [-0.25, -0.2) is 0 Å². The Bertz CT molecular complexity index is 508. The molecule has 0 amide bonds. The van der Waals surface area contributed by atoms with E-state index in [9.17, 15) is 10.1 Å². The number of hydrogen-bond donors (Lipinski definition) is 0. The number of pyridine rings is 1. The van der Waals surface area contributed by atoms with Gasteiger partial charge in [-0.05, 0) is 24.4 Å². The van der Waals surface area contributed by atoms with E-state index in [2.05, 4.69) is 4.98 Å². The van der Waals surface area contributed by atoms with Crippen LogP contribution in [0.1, 0.15) is 5.56 Å². The van der Waals surface area contributed by atoms with Crippen LogP contribution in [0.15, 0.2) is 30.6 Å². The summed E-state index contributed by atoms with van der Waals surface area (Å²) in [5, 5.41) is 12.4. The molecule has 0 N–H and O–H groups in total. The predicted molar refractivity (Wildman–Crippen MR) is 53.1 cm³/mol. The third-order valence-corrected chi connectivity index (χ3v) is 2.15. The van der Waals surface area contributed by atoms with E-state index in [4.69, 9.17) is 0 Å². The summed E-state index contributed by atoms with van der Waals surface area (Å²) >= 11 is 0. The molecule has 1 aromatic carbocycles. The molecule has 0 saturated carbocycles. The Morgan fingerprint density at radius 3 is 2.86 bits per heavy atom. The van der Waals surface area contributed by atoms with Gasteiger partial charge < -0.3 is 0 Å². The molecule has 0 radical (unpaired) electrons. The Labute approximate surface area is 80.4 Å². The first-order valence-corrected chi connectivity index (χ1v) is 4.17. The summed E-state index contributed by atoms with van der Waals surface area (Å²) in [5.41, 5.74) is 0.819.